The highest BCUT2D eigenvalue weighted by molar-refractivity contribution is 6.21. The Morgan fingerprint density at radius 1 is 0.349 bits per heavy atom. The lowest BCUT2D eigenvalue weighted by Gasteiger charge is -2.27. The molecule has 63 heavy (non-hydrogen) atoms. The summed E-state index contributed by atoms with van der Waals surface area (Å²) in [5.41, 5.74) is 19.5. The van der Waals surface area contributed by atoms with E-state index in [2.05, 4.69) is 254 Å². The molecule has 12 rings (SSSR count). The number of fused-ring (bicyclic) bond motifs is 8. The highest BCUT2D eigenvalue weighted by atomic mass is 15.1. The van der Waals surface area contributed by atoms with E-state index in [-0.39, 0.29) is 5.41 Å². The van der Waals surface area contributed by atoms with Crippen molar-refractivity contribution in [1.29, 1.82) is 0 Å². The molecule has 0 N–H and O–H groups in total. The van der Waals surface area contributed by atoms with Gasteiger partial charge in [-0.25, -0.2) is 0 Å². The Labute approximate surface area is 368 Å². The molecule has 0 saturated heterocycles. The SMILES string of the molecule is CC1(C)c2ccccc2-c2cc(N(c3ccc(-c4ccccc4)cc3)c3ccc(-c4ccccc4-c4ccc(-n5c6ccccc6c6c7ccccc7ccc65)cc4)cc3)ccc21. The van der Waals surface area contributed by atoms with Gasteiger partial charge in [-0.2, -0.15) is 0 Å². The van der Waals surface area contributed by atoms with Crippen LogP contribution in [0.1, 0.15) is 25.0 Å². The van der Waals surface area contributed by atoms with Crippen molar-refractivity contribution in [3.63, 3.8) is 0 Å². The van der Waals surface area contributed by atoms with Crippen molar-refractivity contribution in [3.05, 3.63) is 242 Å². The predicted molar refractivity (Wildman–Crippen MR) is 267 cm³/mol. The van der Waals surface area contributed by atoms with Crippen molar-refractivity contribution in [2.45, 2.75) is 19.3 Å². The number of aromatic nitrogens is 1. The van der Waals surface area contributed by atoms with Gasteiger partial charge in [0, 0.05) is 38.9 Å². The maximum atomic E-state index is 2.41. The molecule has 298 valence electrons. The van der Waals surface area contributed by atoms with Crippen LogP contribution in [-0.4, -0.2) is 4.57 Å². The number of hydrogen-bond donors (Lipinski definition) is 0. The fraction of sp³-hybridized carbons (Fsp3) is 0.0492. The quantitative estimate of drug-likeness (QED) is 0.156. The molecule has 0 bridgehead atoms. The Balaban J connectivity index is 0.919. The van der Waals surface area contributed by atoms with Gasteiger partial charge in [-0.15, -0.1) is 0 Å². The number of hydrogen-bond acceptors (Lipinski definition) is 1. The lowest BCUT2D eigenvalue weighted by molar-refractivity contribution is 0.660. The van der Waals surface area contributed by atoms with Gasteiger partial charge in [0.05, 0.1) is 11.0 Å². The summed E-state index contributed by atoms with van der Waals surface area (Å²) in [7, 11) is 0. The van der Waals surface area contributed by atoms with Gasteiger partial charge in [0.2, 0.25) is 0 Å². The van der Waals surface area contributed by atoms with Crippen LogP contribution in [0, 0.1) is 0 Å². The topological polar surface area (TPSA) is 8.17 Å². The molecule has 10 aromatic carbocycles. The molecule has 0 fully saturated rings. The Bertz CT molecular complexity index is 3500. The van der Waals surface area contributed by atoms with Gasteiger partial charge in [0.25, 0.3) is 0 Å². The zero-order valence-electron chi connectivity index (χ0n) is 35.3. The van der Waals surface area contributed by atoms with Gasteiger partial charge in [-0.1, -0.05) is 184 Å². The Kier molecular flexibility index (Phi) is 8.55. The summed E-state index contributed by atoms with van der Waals surface area (Å²) >= 11 is 0. The highest BCUT2D eigenvalue weighted by Gasteiger charge is 2.35. The Morgan fingerprint density at radius 3 is 1.59 bits per heavy atom. The zero-order chi connectivity index (χ0) is 42.1. The van der Waals surface area contributed by atoms with Crippen LogP contribution in [0.5, 0.6) is 0 Å². The van der Waals surface area contributed by atoms with E-state index in [0.717, 1.165) is 22.7 Å². The molecule has 1 aromatic heterocycles. The summed E-state index contributed by atoms with van der Waals surface area (Å²) in [6.45, 7) is 4.69. The number of para-hydroxylation sites is 1. The average molecular weight is 805 g/mol. The minimum atomic E-state index is -0.0532. The van der Waals surface area contributed by atoms with E-state index in [0.29, 0.717) is 0 Å². The molecule has 2 nitrogen and oxygen atoms in total. The van der Waals surface area contributed by atoms with Gasteiger partial charge in [-0.3, -0.25) is 0 Å². The second-order valence-corrected chi connectivity index (χ2v) is 17.3. The summed E-state index contributed by atoms with van der Waals surface area (Å²) in [5.74, 6) is 0. The molecule has 0 unspecified atom stereocenters. The molecule has 1 heterocycles. The Morgan fingerprint density at radius 2 is 0.873 bits per heavy atom. The third kappa shape index (κ3) is 6.02. The van der Waals surface area contributed by atoms with E-state index in [1.807, 2.05) is 0 Å². The van der Waals surface area contributed by atoms with Gasteiger partial charge in [-0.05, 0) is 127 Å². The first-order chi connectivity index (χ1) is 31.0. The minimum absolute atomic E-state index is 0.0532. The van der Waals surface area contributed by atoms with E-state index in [1.165, 1.54) is 88.2 Å². The van der Waals surface area contributed by atoms with Crippen LogP contribution < -0.4 is 4.90 Å². The molecule has 2 heteroatoms. The molecule has 0 atom stereocenters. The average Bonchev–Trinajstić information content (AvgIpc) is 3.81. The molecule has 0 amide bonds. The summed E-state index contributed by atoms with van der Waals surface area (Å²) in [5, 5.41) is 5.12. The molecular formula is C61H44N2. The van der Waals surface area contributed by atoms with Crippen molar-refractivity contribution in [2.24, 2.45) is 0 Å². The summed E-state index contributed by atoms with van der Waals surface area (Å²) in [6.07, 6.45) is 0. The first-order valence-electron chi connectivity index (χ1n) is 21.9. The molecular weight excluding hydrogens is 761 g/mol. The molecule has 0 radical (unpaired) electrons. The van der Waals surface area contributed by atoms with Crippen molar-refractivity contribution in [2.75, 3.05) is 4.90 Å². The monoisotopic (exact) mass is 804 g/mol. The summed E-state index contributed by atoms with van der Waals surface area (Å²) in [6, 6.07) is 84.5. The highest BCUT2D eigenvalue weighted by Crippen LogP contribution is 2.51. The van der Waals surface area contributed by atoms with Gasteiger partial charge in [0.1, 0.15) is 0 Å². The van der Waals surface area contributed by atoms with Crippen molar-refractivity contribution in [3.8, 4) is 50.2 Å². The van der Waals surface area contributed by atoms with E-state index in [4.69, 9.17) is 0 Å². The molecule has 1 aliphatic rings. The maximum Gasteiger partial charge on any atom is 0.0547 e. The van der Waals surface area contributed by atoms with E-state index < -0.39 is 0 Å². The fourth-order valence-corrected chi connectivity index (χ4v) is 10.3. The number of rotatable bonds is 7. The standard InChI is InChI=1S/C61H44N2/c1-61(2)56-22-12-10-20-53(56)55-40-49(37-38-57(55)61)62(46-31-24-42(25-32-46)41-14-4-3-5-15-41)47-33-26-44(27-34-47)50-17-8-9-18-51(50)45-28-35-48(36-29-45)63-58-23-13-11-21-54(58)60-52-19-7-6-16-43(52)30-39-59(60)63/h3-40H,1-2H3. The first kappa shape index (κ1) is 36.9. The lowest BCUT2D eigenvalue weighted by Crippen LogP contribution is -2.15. The Hall–Kier alpha value is -7.94. The third-order valence-electron chi connectivity index (χ3n) is 13.4. The van der Waals surface area contributed by atoms with Crippen LogP contribution in [-0.2, 0) is 5.41 Å². The van der Waals surface area contributed by atoms with E-state index in [1.54, 1.807) is 0 Å². The third-order valence-corrected chi connectivity index (χ3v) is 13.4. The lowest BCUT2D eigenvalue weighted by atomic mass is 9.82. The minimum Gasteiger partial charge on any atom is -0.310 e. The molecule has 0 aliphatic heterocycles. The number of anilines is 3. The van der Waals surface area contributed by atoms with Crippen molar-refractivity contribution in [1.82, 2.24) is 4.57 Å². The fourth-order valence-electron chi connectivity index (χ4n) is 10.3. The molecule has 0 spiro atoms. The van der Waals surface area contributed by atoms with Crippen LogP contribution >= 0.6 is 0 Å². The van der Waals surface area contributed by atoms with E-state index >= 15 is 0 Å². The number of benzene rings is 10. The summed E-state index contributed by atoms with van der Waals surface area (Å²) in [4.78, 5) is 2.40. The first-order valence-corrected chi connectivity index (χ1v) is 21.9. The van der Waals surface area contributed by atoms with Gasteiger partial charge in [0.15, 0.2) is 0 Å². The predicted octanol–water partition coefficient (Wildman–Crippen LogP) is 16.7. The number of nitrogens with zero attached hydrogens (tertiary/aromatic N) is 2. The van der Waals surface area contributed by atoms with Crippen molar-refractivity contribution >= 4 is 49.6 Å². The molecule has 1 aliphatic carbocycles. The smallest absolute Gasteiger partial charge is 0.0547 e. The van der Waals surface area contributed by atoms with Crippen molar-refractivity contribution < 1.29 is 0 Å². The van der Waals surface area contributed by atoms with Crippen LogP contribution in [0.2, 0.25) is 0 Å². The largest absolute Gasteiger partial charge is 0.310 e. The molecule has 0 saturated carbocycles. The second-order valence-electron chi connectivity index (χ2n) is 17.3. The van der Waals surface area contributed by atoms with Crippen LogP contribution in [0.15, 0.2) is 231 Å². The molecule has 11 aromatic rings. The van der Waals surface area contributed by atoms with Gasteiger partial charge < -0.3 is 9.47 Å². The normalized spacial score (nSPS) is 12.7. The van der Waals surface area contributed by atoms with Gasteiger partial charge >= 0.3 is 0 Å². The maximum absolute atomic E-state index is 2.41. The summed E-state index contributed by atoms with van der Waals surface area (Å²) < 4.78 is 2.41. The van der Waals surface area contributed by atoms with Crippen LogP contribution in [0.4, 0.5) is 17.1 Å². The van der Waals surface area contributed by atoms with Crippen LogP contribution in [0.3, 0.4) is 0 Å². The van der Waals surface area contributed by atoms with E-state index in [9.17, 15) is 0 Å². The van der Waals surface area contributed by atoms with Crippen LogP contribution in [0.25, 0.3) is 82.8 Å². The second kappa shape index (κ2) is 14.6. The zero-order valence-corrected chi connectivity index (χ0v) is 35.3.